The zero-order valence-corrected chi connectivity index (χ0v) is 8.56. The molecule has 0 radical (unpaired) electrons. The second-order valence-electron chi connectivity index (χ2n) is 2.32. The van der Waals surface area contributed by atoms with Crippen molar-refractivity contribution >= 4 is 11.6 Å². The number of rotatable bonds is 0. The van der Waals surface area contributed by atoms with Crippen molar-refractivity contribution < 1.29 is 0 Å². The molecular weight excluding hydrogens is 196 g/mol. The van der Waals surface area contributed by atoms with Gasteiger partial charge < -0.3 is 6.15 Å². The van der Waals surface area contributed by atoms with Crippen LogP contribution in [0.3, 0.4) is 0 Å². The lowest BCUT2D eigenvalue weighted by Crippen LogP contribution is -1.58. The van der Waals surface area contributed by atoms with Crippen LogP contribution < -0.4 is 6.15 Å². The molecule has 74 valence electrons. The zero-order valence-electron chi connectivity index (χ0n) is 7.81. The number of nitrogens with zero attached hydrogens (tertiary/aromatic N) is 1. The van der Waals surface area contributed by atoms with Gasteiger partial charge in [0, 0.05) is 17.4 Å². The molecule has 0 bridgehead atoms. The van der Waals surface area contributed by atoms with E-state index in [9.17, 15) is 0 Å². The van der Waals surface area contributed by atoms with Crippen LogP contribution in [0.1, 0.15) is 0 Å². The molecule has 0 fully saturated rings. The molecule has 0 saturated carbocycles. The van der Waals surface area contributed by atoms with Gasteiger partial charge in [-0.15, -0.1) is 0 Å². The van der Waals surface area contributed by atoms with Crippen molar-refractivity contribution in [3.05, 3.63) is 65.9 Å². The predicted octanol–water partition coefficient (Wildman–Crippen LogP) is 3.58. The van der Waals surface area contributed by atoms with Crippen LogP contribution in [0.25, 0.3) is 0 Å². The molecule has 2 rings (SSSR count). The number of hydrogen-bond acceptors (Lipinski definition) is 2. The molecule has 3 N–H and O–H groups in total. The fourth-order valence-electron chi connectivity index (χ4n) is 0.727. The Labute approximate surface area is 89.2 Å². The first-order valence-electron chi connectivity index (χ1n) is 3.95. The van der Waals surface area contributed by atoms with E-state index in [1.807, 2.05) is 48.5 Å². The Morgan fingerprint density at radius 1 is 0.786 bits per heavy atom. The minimum Gasteiger partial charge on any atom is -0.344 e. The van der Waals surface area contributed by atoms with Crippen molar-refractivity contribution in [2.75, 3.05) is 0 Å². The van der Waals surface area contributed by atoms with Crippen molar-refractivity contribution in [2.24, 2.45) is 0 Å². The van der Waals surface area contributed by atoms with Gasteiger partial charge in [0.15, 0.2) is 0 Å². The molecule has 1 aromatic heterocycles. The monoisotopic (exact) mass is 208 g/mol. The molecule has 1 aromatic carbocycles. The van der Waals surface area contributed by atoms with E-state index < -0.39 is 0 Å². The third-order valence-electron chi connectivity index (χ3n) is 1.30. The molecule has 1 heterocycles. The summed E-state index contributed by atoms with van der Waals surface area (Å²) in [6.45, 7) is 0. The average Bonchev–Trinajstić information content (AvgIpc) is 2.22. The van der Waals surface area contributed by atoms with Crippen LogP contribution in [-0.2, 0) is 0 Å². The lowest BCUT2D eigenvalue weighted by molar-refractivity contribution is 1.33. The molecule has 2 nitrogen and oxygen atoms in total. The molecule has 0 saturated heterocycles. The highest BCUT2D eigenvalue weighted by Gasteiger charge is 1.74. The van der Waals surface area contributed by atoms with E-state index in [1.165, 1.54) is 0 Å². The van der Waals surface area contributed by atoms with Crippen LogP contribution in [0, 0.1) is 0 Å². The summed E-state index contributed by atoms with van der Waals surface area (Å²) in [5, 5.41) is 0.794. The van der Waals surface area contributed by atoms with E-state index >= 15 is 0 Å². The normalized spacial score (nSPS) is 7.79. The van der Waals surface area contributed by atoms with Crippen LogP contribution in [0.2, 0.25) is 5.02 Å². The summed E-state index contributed by atoms with van der Waals surface area (Å²) in [5.74, 6) is 0. The van der Waals surface area contributed by atoms with Crippen LogP contribution in [0.15, 0.2) is 60.9 Å². The molecule has 0 unspecified atom stereocenters. The minimum absolute atomic E-state index is 0. The molecule has 14 heavy (non-hydrogen) atoms. The first-order valence-corrected chi connectivity index (χ1v) is 4.33. The SMILES string of the molecule is Clc1ccccc1.N.c1ccncc1. The Morgan fingerprint density at radius 3 is 1.50 bits per heavy atom. The maximum Gasteiger partial charge on any atom is 0.0405 e. The van der Waals surface area contributed by atoms with E-state index in [4.69, 9.17) is 11.6 Å². The van der Waals surface area contributed by atoms with Crippen molar-refractivity contribution in [1.29, 1.82) is 0 Å². The van der Waals surface area contributed by atoms with E-state index in [0.29, 0.717) is 0 Å². The van der Waals surface area contributed by atoms with Gasteiger partial charge in [0.1, 0.15) is 0 Å². The van der Waals surface area contributed by atoms with Gasteiger partial charge in [0.2, 0.25) is 0 Å². The summed E-state index contributed by atoms with van der Waals surface area (Å²) >= 11 is 5.54. The lowest BCUT2D eigenvalue weighted by Gasteiger charge is -1.80. The van der Waals surface area contributed by atoms with Gasteiger partial charge in [-0.3, -0.25) is 4.98 Å². The summed E-state index contributed by atoms with van der Waals surface area (Å²) in [5.41, 5.74) is 0. The first kappa shape index (κ1) is 12.6. The molecule has 0 spiro atoms. The molecule has 0 amide bonds. The van der Waals surface area contributed by atoms with Crippen LogP contribution in [0.4, 0.5) is 0 Å². The van der Waals surface area contributed by atoms with Crippen molar-refractivity contribution in [2.45, 2.75) is 0 Å². The quantitative estimate of drug-likeness (QED) is 0.719. The summed E-state index contributed by atoms with van der Waals surface area (Å²) in [4.78, 5) is 3.78. The predicted molar refractivity (Wildman–Crippen MR) is 60.7 cm³/mol. The highest BCUT2D eigenvalue weighted by Crippen LogP contribution is 2.03. The maximum absolute atomic E-state index is 5.54. The van der Waals surface area contributed by atoms with E-state index in [1.54, 1.807) is 12.4 Å². The molecule has 0 aliphatic rings. The van der Waals surface area contributed by atoms with Crippen LogP contribution in [0.5, 0.6) is 0 Å². The highest BCUT2D eigenvalue weighted by atomic mass is 35.5. The lowest BCUT2D eigenvalue weighted by atomic mass is 10.4. The second kappa shape index (κ2) is 8.23. The Morgan fingerprint density at radius 2 is 1.29 bits per heavy atom. The maximum atomic E-state index is 5.54. The Balaban J connectivity index is 0.000000227. The molecule has 0 atom stereocenters. The van der Waals surface area contributed by atoms with Gasteiger partial charge in [-0.1, -0.05) is 35.9 Å². The summed E-state index contributed by atoms with van der Waals surface area (Å²) in [6, 6.07) is 15.2. The van der Waals surface area contributed by atoms with Gasteiger partial charge in [0.25, 0.3) is 0 Å². The van der Waals surface area contributed by atoms with Crippen molar-refractivity contribution in [3.63, 3.8) is 0 Å². The van der Waals surface area contributed by atoms with Gasteiger partial charge in [-0.2, -0.15) is 0 Å². The van der Waals surface area contributed by atoms with Gasteiger partial charge >= 0.3 is 0 Å². The topological polar surface area (TPSA) is 47.9 Å². The van der Waals surface area contributed by atoms with Crippen molar-refractivity contribution in [3.8, 4) is 0 Å². The third kappa shape index (κ3) is 6.17. The fraction of sp³-hybridized carbons (Fsp3) is 0. The number of aromatic nitrogens is 1. The number of halogens is 1. The van der Waals surface area contributed by atoms with Crippen LogP contribution >= 0.6 is 11.6 Å². The van der Waals surface area contributed by atoms with Gasteiger partial charge in [-0.05, 0) is 24.3 Å². The van der Waals surface area contributed by atoms with E-state index in [2.05, 4.69) is 4.98 Å². The first-order chi connectivity index (χ1) is 6.39. The fourth-order valence-corrected chi connectivity index (χ4v) is 0.873. The summed E-state index contributed by atoms with van der Waals surface area (Å²) in [6.07, 6.45) is 3.50. The van der Waals surface area contributed by atoms with E-state index in [-0.39, 0.29) is 6.15 Å². The average molecular weight is 209 g/mol. The Kier molecular flexibility index (Phi) is 7.42. The minimum atomic E-state index is 0. The third-order valence-corrected chi connectivity index (χ3v) is 1.55. The molecule has 0 aliphatic carbocycles. The number of hydrogen-bond donors (Lipinski definition) is 1. The van der Waals surface area contributed by atoms with E-state index in [0.717, 1.165) is 5.02 Å². The Bertz CT molecular complexity index is 284. The summed E-state index contributed by atoms with van der Waals surface area (Å²) in [7, 11) is 0. The second-order valence-corrected chi connectivity index (χ2v) is 2.76. The van der Waals surface area contributed by atoms with Gasteiger partial charge in [0.05, 0.1) is 0 Å². The molecule has 0 aliphatic heterocycles. The standard InChI is InChI=1S/C6H5Cl.C5H5N.H3N/c7-6-4-2-1-3-5-6;1-2-4-6-5-3-1;/h1-5H;1-5H;1H3. The highest BCUT2D eigenvalue weighted by molar-refractivity contribution is 6.30. The van der Waals surface area contributed by atoms with Crippen LogP contribution in [-0.4, -0.2) is 4.98 Å². The van der Waals surface area contributed by atoms with Gasteiger partial charge in [-0.25, -0.2) is 0 Å². The largest absolute Gasteiger partial charge is 0.344 e. The van der Waals surface area contributed by atoms with Crippen molar-refractivity contribution in [1.82, 2.24) is 11.1 Å². The molecule has 2 aromatic rings. The molecular formula is C11H13ClN2. The smallest absolute Gasteiger partial charge is 0.0405 e. The number of benzene rings is 1. The summed E-state index contributed by atoms with van der Waals surface area (Å²) < 4.78 is 0. The molecule has 3 heteroatoms. The number of pyridine rings is 1. The zero-order chi connectivity index (χ0) is 9.36. The Hall–Kier alpha value is -1.38.